The molecular formula is C22H29F3N4O. The lowest BCUT2D eigenvalue weighted by Crippen LogP contribution is -2.58. The molecule has 2 amide bonds. The van der Waals surface area contributed by atoms with Crippen LogP contribution in [0.2, 0.25) is 0 Å². The molecule has 30 heavy (non-hydrogen) atoms. The summed E-state index contributed by atoms with van der Waals surface area (Å²) in [4.78, 5) is 18.6. The Labute approximate surface area is 174 Å². The van der Waals surface area contributed by atoms with E-state index in [1.54, 1.807) is 0 Å². The molecule has 0 atom stereocenters. The van der Waals surface area contributed by atoms with E-state index in [1.165, 1.54) is 38.2 Å². The Balaban J connectivity index is 1.10. The molecule has 5 nitrogen and oxygen atoms in total. The number of rotatable bonds is 3. The SMILES string of the molecule is O=C(NC1CCN(c2ccc(C(F)(F)F)cn2)CC1)NC1C2CC3CC(C2)CC1C3. The number of carbonyl (C=O) groups excluding carboxylic acids is 1. The van der Waals surface area contributed by atoms with Gasteiger partial charge >= 0.3 is 12.2 Å². The number of aromatic nitrogens is 1. The fourth-order valence-electron chi connectivity index (χ4n) is 6.53. The number of hydrogen-bond donors (Lipinski definition) is 2. The normalized spacial score (nSPS) is 33.6. The van der Waals surface area contributed by atoms with E-state index in [9.17, 15) is 18.0 Å². The Kier molecular flexibility index (Phi) is 5.06. The number of alkyl halides is 3. The molecule has 0 radical (unpaired) electrons. The second-order valence-corrected chi connectivity index (χ2v) is 9.74. The molecule has 5 aliphatic rings. The summed E-state index contributed by atoms with van der Waals surface area (Å²) < 4.78 is 38.1. The molecule has 8 heteroatoms. The van der Waals surface area contributed by atoms with Crippen molar-refractivity contribution in [1.29, 1.82) is 0 Å². The number of halogens is 3. The zero-order chi connectivity index (χ0) is 20.9. The van der Waals surface area contributed by atoms with E-state index in [0.717, 1.165) is 36.9 Å². The van der Waals surface area contributed by atoms with Crippen LogP contribution in [0.15, 0.2) is 18.3 Å². The second-order valence-electron chi connectivity index (χ2n) is 9.74. The van der Waals surface area contributed by atoms with Crippen LogP contribution in [0.1, 0.15) is 50.5 Å². The van der Waals surface area contributed by atoms with Gasteiger partial charge in [-0.25, -0.2) is 9.78 Å². The molecule has 1 aliphatic heterocycles. The van der Waals surface area contributed by atoms with Crippen LogP contribution in [0, 0.1) is 23.7 Å². The summed E-state index contributed by atoms with van der Waals surface area (Å²) in [6.45, 7) is 1.34. The molecule has 164 valence electrons. The molecule has 0 unspecified atom stereocenters. The Morgan fingerprint density at radius 3 is 2.13 bits per heavy atom. The zero-order valence-corrected chi connectivity index (χ0v) is 17.0. The van der Waals surface area contributed by atoms with Crippen molar-refractivity contribution in [3.05, 3.63) is 23.9 Å². The molecule has 1 aromatic heterocycles. The quantitative estimate of drug-likeness (QED) is 0.768. The average molecular weight is 422 g/mol. The predicted octanol–water partition coefficient (Wildman–Crippen LogP) is 4.19. The highest BCUT2D eigenvalue weighted by Gasteiger charge is 2.48. The number of anilines is 1. The number of urea groups is 1. The summed E-state index contributed by atoms with van der Waals surface area (Å²) in [5, 5.41) is 6.42. The van der Waals surface area contributed by atoms with E-state index in [2.05, 4.69) is 15.6 Å². The first-order valence-electron chi connectivity index (χ1n) is 11.2. The van der Waals surface area contributed by atoms with Crippen molar-refractivity contribution in [2.24, 2.45) is 23.7 Å². The molecule has 5 fully saturated rings. The van der Waals surface area contributed by atoms with E-state index in [1.807, 2.05) is 4.90 Å². The topological polar surface area (TPSA) is 57.3 Å². The standard InChI is InChI=1S/C22H29F3N4O/c23-22(24,25)17-1-2-19(26-12-17)29-5-3-18(4-6-29)27-21(30)28-20-15-8-13-7-14(10-15)11-16(20)9-13/h1-2,12-16,18,20H,3-11H2,(H2,27,28,30). The number of nitrogens with zero attached hydrogens (tertiary/aromatic N) is 2. The monoisotopic (exact) mass is 422 g/mol. The van der Waals surface area contributed by atoms with Gasteiger partial charge < -0.3 is 15.5 Å². The zero-order valence-electron chi connectivity index (χ0n) is 17.0. The highest BCUT2D eigenvalue weighted by Crippen LogP contribution is 2.53. The summed E-state index contributed by atoms with van der Waals surface area (Å²) >= 11 is 0. The first-order chi connectivity index (χ1) is 14.3. The molecule has 6 rings (SSSR count). The Bertz CT molecular complexity index is 746. The molecule has 2 N–H and O–H groups in total. The van der Waals surface area contributed by atoms with Crippen molar-refractivity contribution in [1.82, 2.24) is 15.6 Å². The lowest BCUT2D eigenvalue weighted by atomic mass is 9.54. The summed E-state index contributed by atoms with van der Waals surface area (Å²) in [5.74, 6) is 3.63. The van der Waals surface area contributed by atoms with Gasteiger partial charge in [0, 0.05) is 31.4 Å². The molecule has 1 saturated heterocycles. The van der Waals surface area contributed by atoms with Crippen LogP contribution < -0.4 is 15.5 Å². The highest BCUT2D eigenvalue weighted by molar-refractivity contribution is 5.74. The third-order valence-electron chi connectivity index (χ3n) is 7.75. The number of carbonyl (C=O) groups is 1. The van der Waals surface area contributed by atoms with Gasteiger partial charge in [0.25, 0.3) is 0 Å². The van der Waals surface area contributed by atoms with Gasteiger partial charge in [-0.3, -0.25) is 0 Å². The minimum atomic E-state index is -4.37. The largest absolute Gasteiger partial charge is 0.417 e. The fraction of sp³-hybridized carbons (Fsp3) is 0.727. The van der Waals surface area contributed by atoms with Gasteiger partial charge in [0.2, 0.25) is 0 Å². The second kappa shape index (κ2) is 7.61. The maximum Gasteiger partial charge on any atom is 0.417 e. The van der Waals surface area contributed by atoms with Crippen LogP contribution in [0.3, 0.4) is 0 Å². The Hall–Kier alpha value is -1.99. The van der Waals surface area contributed by atoms with Gasteiger partial charge in [-0.1, -0.05) is 0 Å². The minimum Gasteiger partial charge on any atom is -0.356 e. The van der Waals surface area contributed by atoms with Crippen molar-refractivity contribution >= 4 is 11.8 Å². The van der Waals surface area contributed by atoms with Crippen LogP contribution in [-0.2, 0) is 6.18 Å². The number of pyridine rings is 1. The number of amides is 2. The van der Waals surface area contributed by atoms with Crippen LogP contribution in [0.5, 0.6) is 0 Å². The number of nitrogens with one attached hydrogen (secondary N) is 2. The molecule has 4 saturated carbocycles. The summed E-state index contributed by atoms with van der Waals surface area (Å²) in [7, 11) is 0. The van der Waals surface area contributed by atoms with Crippen molar-refractivity contribution < 1.29 is 18.0 Å². The molecule has 4 aliphatic carbocycles. The average Bonchev–Trinajstić information content (AvgIpc) is 2.70. The smallest absolute Gasteiger partial charge is 0.356 e. The van der Waals surface area contributed by atoms with E-state index < -0.39 is 11.7 Å². The molecule has 0 aromatic carbocycles. The molecular weight excluding hydrogens is 393 g/mol. The predicted molar refractivity (Wildman–Crippen MR) is 107 cm³/mol. The van der Waals surface area contributed by atoms with Crippen LogP contribution in [0.25, 0.3) is 0 Å². The lowest BCUT2D eigenvalue weighted by molar-refractivity contribution is -0.137. The summed E-state index contributed by atoms with van der Waals surface area (Å²) in [6.07, 6.45) is 4.54. The van der Waals surface area contributed by atoms with Crippen molar-refractivity contribution in [2.75, 3.05) is 18.0 Å². The molecule has 4 bridgehead atoms. The van der Waals surface area contributed by atoms with Gasteiger partial charge in [0.05, 0.1) is 5.56 Å². The molecule has 1 aromatic rings. The number of hydrogen-bond acceptors (Lipinski definition) is 3. The van der Waals surface area contributed by atoms with Gasteiger partial charge in [-0.2, -0.15) is 13.2 Å². The maximum absolute atomic E-state index is 12.7. The van der Waals surface area contributed by atoms with Gasteiger partial charge in [-0.15, -0.1) is 0 Å². The maximum atomic E-state index is 12.7. The number of piperidine rings is 1. The third kappa shape index (κ3) is 3.97. The van der Waals surface area contributed by atoms with Crippen molar-refractivity contribution in [2.45, 2.75) is 63.2 Å². The van der Waals surface area contributed by atoms with Gasteiger partial charge in [0.15, 0.2) is 0 Å². The molecule has 0 spiro atoms. The Morgan fingerprint density at radius 1 is 0.967 bits per heavy atom. The summed E-state index contributed by atoms with van der Waals surface area (Å²) in [5.41, 5.74) is -0.732. The first kappa shape index (κ1) is 19.9. The van der Waals surface area contributed by atoms with Gasteiger partial charge in [0.1, 0.15) is 5.82 Å². The highest BCUT2D eigenvalue weighted by atomic mass is 19.4. The first-order valence-corrected chi connectivity index (χ1v) is 11.2. The van der Waals surface area contributed by atoms with E-state index >= 15 is 0 Å². The van der Waals surface area contributed by atoms with Crippen molar-refractivity contribution in [3.63, 3.8) is 0 Å². The fourth-order valence-corrected chi connectivity index (χ4v) is 6.53. The van der Waals surface area contributed by atoms with E-state index in [-0.39, 0.29) is 12.1 Å². The Morgan fingerprint density at radius 2 is 1.60 bits per heavy atom. The van der Waals surface area contributed by atoms with Crippen LogP contribution in [0.4, 0.5) is 23.8 Å². The van der Waals surface area contributed by atoms with E-state index in [4.69, 9.17) is 0 Å². The lowest BCUT2D eigenvalue weighted by Gasteiger charge is -2.54. The van der Waals surface area contributed by atoms with Crippen LogP contribution in [-0.4, -0.2) is 36.2 Å². The van der Waals surface area contributed by atoms with Gasteiger partial charge in [-0.05, 0) is 80.8 Å². The van der Waals surface area contributed by atoms with Crippen molar-refractivity contribution in [3.8, 4) is 0 Å². The minimum absolute atomic E-state index is 0.0569. The molecule has 2 heterocycles. The summed E-state index contributed by atoms with van der Waals surface area (Å²) in [6, 6.07) is 2.86. The van der Waals surface area contributed by atoms with E-state index in [0.29, 0.717) is 36.8 Å². The third-order valence-corrected chi connectivity index (χ3v) is 7.75. The van der Waals surface area contributed by atoms with Crippen LogP contribution >= 0.6 is 0 Å².